The summed E-state index contributed by atoms with van der Waals surface area (Å²) in [6.45, 7) is 3.53. The van der Waals surface area contributed by atoms with Crippen LogP contribution in [0.4, 0.5) is 0 Å². The normalized spacial score (nSPS) is 9.45. The molecule has 58 valence electrons. The summed E-state index contributed by atoms with van der Waals surface area (Å²) in [5.41, 5.74) is -0.299. The van der Waals surface area contributed by atoms with Crippen LogP contribution >= 0.6 is 11.9 Å². The molecule has 0 amide bonds. The quantitative estimate of drug-likeness (QED) is 0.611. The van der Waals surface area contributed by atoms with Gasteiger partial charge in [-0.2, -0.15) is 4.98 Å². The maximum Gasteiger partial charge on any atom is 0.360 e. The Bertz CT molecular complexity index is 296. The molecule has 0 aromatic carbocycles. The summed E-state index contributed by atoms with van der Waals surface area (Å²) in [4.78, 5) is 18.1. The molecule has 0 aliphatic heterocycles. The first-order chi connectivity index (χ1) is 5.34. The molecule has 0 saturated carbocycles. The van der Waals surface area contributed by atoms with E-state index in [2.05, 4.69) is 16.5 Å². The van der Waals surface area contributed by atoms with Gasteiger partial charge in [-0.1, -0.05) is 6.08 Å². The van der Waals surface area contributed by atoms with Gasteiger partial charge in [0.25, 0.3) is 0 Å². The molecule has 0 saturated heterocycles. The molecular weight excluding hydrogens is 162 g/mol. The van der Waals surface area contributed by atoms with Gasteiger partial charge in [-0.25, -0.2) is 13.8 Å². The van der Waals surface area contributed by atoms with Crippen molar-refractivity contribution in [3.05, 3.63) is 35.8 Å². The predicted octanol–water partition coefficient (Wildman–Crippen LogP) is 0.321. The zero-order chi connectivity index (χ0) is 8.10. The molecule has 11 heavy (non-hydrogen) atoms. The Hall–Kier alpha value is -1.10. The lowest BCUT2D eigenvalue weighted by Crippen LogP contribution is -2.17. The molecule has 0 radical (unpaired) electrons. The molecule has 1 aromatic heterocycles. The van der Waals surface area contributed by atoms with Gasteiger partial charge in [0.15, 0.2) is 0 Å². The van der Waals surface area contributed by atoms with E-state index in [9.17, 15) is 4.79 Å². The second kappa shape index (κ2) is 3.92. The number of nitrogens with zero attached hydrogens (tertiary/aromatic N) is 3. The highest BCUT2D eigenvalue weighted by molar-refractivity contribution is 7.97. The van der Waals surface area contributed by atoms with Gasteiger partial charge in [0.1, 0.15) is 12.7 Å². The Morgan fingerprint density at radius 3 is 3.27 bits per heavy atom. The Kier molecular flexibility index (Phi) is 2.85. The highest BCUT2D eigenvalue weighted by atomic mass is 32.2. The second-order valence-electron chi connectivity index (χ2n) is 1.70. The van der Waals surface area contributed by atoms with Crippen LogP contribution in [0.25, 0.3) is 0 Å². The first-order valence-corrected chi connectivity index (χ1v) is 3.91. The third-order valence-electron chi connectivity index (χ3n) is 0.926. The van der Waals surface area contributed by atoms with E-state index in [1.807, 2.05) is 0 Å². The minimum Gasteiger partial charge on any atom is -0.245 e. The summed E-state index contributed by atoms with van der Waals surface area (Å²) in [5.74, 6) is 0.674. The van der Waals surface area contributed by atoms with Gasteiger partial charge in [-0.3, -0.25) is 0 Å². The smallest absolute Gasteiger partial charge is 0.245 e. The first-order valence-electron chi connectivity index (χ1n) is 2.97. The monoisotopic (exact) mass is 169 g/mol. The van der Waals surface area contributed by atoms with Crippen LogP contribution in [0.15, 0.2) is 30.1 Å². The molecule has 0 unspecified atom stereocenters. The summed E-state index contributed by atoms with van der Waals surface area (Å²) < 4.78 is 1.36. The summed E-state index contributed by atoms with van der Waals surface area (Å²) in [7, 11) is 0. The zero-order valence-corrected chi connectivity index (χ0v) is 6.62. The van der Waals surface area contributed by atoms with Crippen LogP contribution in [0.1, 0.15) is 0 Å². The van der Waals surface area contributed by atoms with E-state index < -0.39 is 0 Å². The van der Waals surface area contributed by atoms with Crippen LogP contribution in [-0.2, 0) is 0 Å². The predicted molar refractivity (Wildman–Crippen MR) is 44.3 cm³/mol. The number of hydrogen-bond acceptors (Lipinski definition) is 4. The van der Waals surface area contributed by atoms with E-state index in [-0.39, 0.29) is 5.69 Å². The van der Waals surface area contributed by atoms with Crippen molar-refractivity contribution in [2.24, 2.45) is 0 Å². The molecule has 0 bridgehead atoms. The topological polar surface area (TPSA) is 47.8 Å². The van der Waals surface area contributed by atoms with Crippen molar-refractivity contribution in [3.63, 3.8) is 0 Å². The van der Waals surface area contributed by atoms with Crippen LogP contribution in [0, 0.1) is 0 Å². The fraction of sp³-hybridized carbons (Fsp3) is 0.167. The van der Waals surface area contributed by atoms with Gasteiger partial charge >= 0.3 is 5.69 Å². The number of rotatable bonds is 3. The van der Waals surface area contributed by atoms with E-state index >= 15 is 0 Å². The Morgan fingerprint density at radius 1 is 1.82 bits per heavy atom. The summed E-state index contributed by atoms with van der Waals surface area (Å²) in [6, 6.07) is 0. The van der Waals surface area contributed by atoms with Gasteiger partial charge < -0.3 is 0 Å². The van der Waals surface area contributed by atoms with Gasteiger partial charge in [0.2, 0.25) is 0 Å². The molecule has 1 rings (SSSR count). The van der Waals surface area contributed by atoms with Gasteiger partial charge in [-0.05, 0) is 11.9 Å². The Labute approximate surface area is 68.1 Å². The van der Waals surface area contributed by atoms with E-state index in [0.29, 0.717) is 5.75 Å². The highest BCUT2D eigenvalue weighted by Crippen LogP contribution is 1.98. The molecule has 0 atom stereocenters. The van der Waals surface area contributed by atoms with Crippen LogP contribution in [0.3, 0.4) is 0 Å². The van der Waals surface area contributed by atoms with Crippen molar-refractivity contribution in [1.82, 2.24) is 13.9 Å². The van der Waals surface area contributed by atoms with Crippen molar-refractivity contribution in [2.45, 2.75) is 0 Å². The van der Waals surface area contributed by atoms with Gasteiger partial charge in [-0.15, -0.1) is 6.58 Å². The van der Waals surface area contributed by atoms with E-state index in [4.69, 9.17) is 0 Å². The lowest BCUT2D eigenvalue weighted by molar-refractivity contribution is 0.941. The standard InChI is InChI=1S/C6H7N3OS/c1-2-3-11-9-5-7-4-8-6(9)10/h2,4-5H,1,3H2. The van der Waals surface area contributed by atoms with Crippen molar-refractivity contribution in [3.8, 4) is 0 Å². The van der Waals surface area contributed by atoms with E-state index in [1.54, 1.807) is 6.08 Å². The molecule has 1 aromatic rings. The zero-order valence-electron chi connectivity index (χ0n) is 5.80. The fourth-order valence-corrected chi connectivity index (χ4v) is 1.05. The Morgan fingerprint density at radius 2 is 2.64 bits per heavy atom. The van der Waals surface area contributed by atoms with Crippen LogP contribution in [0.2, 0.25) is 0 Å². The Balaban J connectivity index is 2.78. The molecular formula is C6H7N3OS. The lowest BCUT2D eigenvalue weighted by Gasteiger charge is -1.96. The average Bonchev–Trinajstić information content (AvgIpc) is 2.03. The number of hydrogen-bond donors (Lipinski definition) is 0. The van der Waals surface area contributed by atoms with Crippen molar-refractivity contribution < 1.29 is 0 Å². The maximum atomic E-state index is 10.9. The first kappa shape index (κ1) is 8.00. The highest BCUT2D eigenvalue weighted by Gasteiger charge is 1.92. The van der Waals surface area contributed by atoms with E-state index in [1.165, 1.54) is 28.6 Å². The van der Waals surface area contributed by atoms with Crippen LogP contribution < -0.4 is 5.69 Å². The van der Waals surface area contributed by atoms with Crippen LogP contribution in [0.5, 0.6) is 0 Å². The van der Waals surface area contributed by atoms with Gasteiger partial charge in [0.05, 0.1) is 0 Å². The van der Waals surface area contributed by atoms with Crippen LogP contribution in [-0.4, -0.2) is 19.7 Å². The molecule has 0 N–H and O–H groups in total. The third kappa shape index (κ3) is 2.19. The minimum atomic E-state index is -0.299. The van der Waals surface area contributed by atoms with Crippen molar-refractivity contribution in [2.75, 3.05) is 5.75 Å². The molecule has 1 heterocycles. The SMILES string of the molecule is C=CCSn1cncnc1=O. The van der Waals surface area contributed by atoms with E-state index in [0.717, 1.165) is 0 Å². The molecule has 4 nitrogen and oxygen atoms in total. The number of aromatic nitrogens is 3. The fourth-order valence-electron chi connectivity index (χ4n) is 0.501. The molecule has 0 spiro atoms. The molecule has 0 aliphatic rings. The minimum absolute atomic E-state index is 0.299. The average molecular weight is 169 g/mol. The summed E-state index contributed by atoms with van der Waals surface area (Å²) in [5, 5.41) is 0. The summed E-state index contributed by atoms with van der Waals surface area (Å²) >= 11 is 1.31. The van der Waals surface area contributed by atoms with Crippen molar-refractivity contribution in [1.29, 1.82) is 0 Å². The molecule has 0 fully saturated rings. The third-order valence-corrected chi connectivity index (χ3v) is 1.84. The molecule has 5 heteroatoms. The van der Waals surface area contributed by atoms with Gasteiger partial charge in [0, 0.05) is 5.75 Å². The van der Waals surface area contributed by atoms with Crippen molar-refractivity contribution >= 4 is 11.9 Å². The maximum absolute atomic E-state index is 10.9. The lowest BCUT2D eigenvalue weighted by atomic mass is 10.8. The second-order valence-corrected chi connectivity index (χ2v) is 2.69. The largest absolute Gasteiger partial charge is 0.360 e. The summed E-state index contributed by atoms with van der Waals surface area (Å²) in [6.07, 6.45) is 4.38. The molecule has 0 aliphatic carbocycles.